The van der Waals surface area contributed by atoms with Crippen molar-refractivity contribution in [1.82, 2.24) is 0 Å². The van der Waals surface area contributed by atoms with Gasteiger partial charge in [0.05, 0.1) is 6.42 Å². The van der Waals surface area contributed by atoms with Crippen LogP contribution in [0.3, 0.4) is 0 Å². The minimum atomic E-state index is -0.718. The fraction of sp³-hybridized carbons (Fsp3) is 0.389. The predicted octanol–water partition coefficient (Wildman–Crippen LogP) is 4.58. The lowest BCUT2D eigenvalue weighted by molar-refractivity contribution is -0.139. The molecule has 0 bridgehead atoms. The summed E-state index contributed by atoms with van der Waals surface area (Å²) in [5, 5.41) is 11.5. The van der Waals surface area contributed by atoms with E-state index < -0.39 is 5.97 Å². The summed E-state index contributed by atoms with van der Waals surface area (Å²) in [4.78, 5) is 10.9. The molecule has 20 heavy (non-hydrogen) atoms. The standard InChI is InChI=1S/C18H22O2/c1-13-8-9-14-6-4-5-7-16(14)15(13)10-11-18(2,3)12-17(19)20/h4-9H,10-12H2,1-3H3,(H,19,20). The number of carboxylic acids is 1. The van der Waals surface area contributed by atoms with Crippen molar-refractivity contribution in [1.29, 1.82) is 0 Å². The summed E-state index contributed by atoms with van der Waals surface area (Å²) in [6.45, 7) is 6.19. The van der Waals surface area contributed by atoms with E-state index in [4.69, 9.17) is 5.11 Å². The summed E-state index contributed by atoms with van der Waals surface area (Å²) in [5.41, 5.74) is 2.46. The normalized spacial score (nSPS) is 11.8. The molecule has 0 amide bonds. The molecule has 2 aromatic carbocycles. The Hall–Kier alpha value is -1.83. The average Bonchev–Trinajstić information content (AvgIpc) is 2.36. The highest BCUT2D eigenvalue weighted by molar-refractivity contribution is 5.86. The summed E-state index contributed by atoms with van der Waals surface area (Å²) in [5.74, 6) is -0.718. The number of hydrogen-bond acceptors (Lipinski definition) is 1. The van der Waals surface area contributed by atoms with Gasteiger partial charge in [0, 0.05) is 0 Å². The maximum Gasteiger partial charge on any atom is 0.303 e. The maximum atomic E-state index is 10.9. The Morgan fingerprint density at radius 2 is 1.85 bits per heavy atom. The molecule has 0 aliphatic rings. The third kappa shape index (κ3) is 3.38. The van der Waals surface area contributed by atoms with Gasteiger partial charge in [0.1, 0.15) is 0 Å². The molecule has 0 saturated heterocycles. The van der Waals surface area contributed by atoms with E-state index in [-0.39, 0.29) is 11.8 Å². The van der Waals surface area contributed by atoms with Crippen molar-refractivity contribution in [3.05, 3.63) is 47.5 Å². The molecule has 1 N–H and O–H groups in total. The quantitative estimate of drug-likeness (QED) is 0.863. The van der Waals surface area contributed by atoms with E-state index in [1.54, 1.807) is 0 Å². The average molecular weight is 270 g/mol. The maximum absolute atomic E-state index is 10.9. The van der Waals surface area contributed by atoms with Crippen LogP contribution >= 0.6 is 0 Å². The van der Waals surface area contributed by atoms with Crippen molar-refractivity contribution in [3.8, 4) is 0 Å². The van der Waals surface area contributed by atoms with Crippen molar-refractivity contribution in [3.63, 3.8) is 0 Å². The predicted molar refractivity (Wildman–Crippen MR) is 83.0 cm³/mol. The minimum Gasteiger partial charge on any atom is -0.481 e. The molecule has 0 unspecified atom stereocenters. The van der Waals surface area contributed by atoms with Crippen LogP contribution in [0.15, 0.2) is 36.4 Å². The van der Waals surface area contributed by atoms with Gasteiger partial charge in [-0.2, -0.15) is 0 Å². The fourth-order valence-corrected chi connectivity index (χ4v) is 2.74. The SMILES string of the molecule is Cc1ccc2ccccc2c1CCC(C)(C)CC(=O)O. The molecule has 0 radical (unpaired) electrons. The molecular formula is C18H22O2. The first-order valence-corrected chi connectivity index (χ1v) is 7.08. The molecule has 106 valence electrons. The topological polar surface area (TPSA) is 37.3 Å². The fourth-order valence-electron chi connectivity index (χ4n) is 2.74. The summed E-state index contributed by atoms with van der Waals surface area (Å²) in [6.07, 6.45) is 2.03. The Morgan fingerprint density at radius 3 is 2.55 bits per heavy atom. The highest BCUT2D eigenvalue weighted by atomic mass is 16.4. The third-order valence-corrected chi connectivity index (χ3v) is 3.96. The van der Waals surface area contributed by atoms with Gasteiger partial charge >= 0.3 is 5.97 Å². The number of aliphatic carboxylic acids is 1. The van der Waals surface area contributed by atoms with Gasteiger partial charge in [-0.3, -0.25) is 4.79 Å². The van der Waals surface area contributed by atoms with Gasteiger partial charge in [0.15, 0.2) is 0 Å². The molecule has 2 heteroatoms. The number of benzene rings is 2. The number of hydrogen-bond donors (Lipinski definition) is 1. The van der Waals surface area contributed by atoms with E-state index in [1.165, 1.54) is 21.9 Å². The zero-order valence-corrected chi connectivity index (χ0v) is 12.4. The second-order valence-electron chi connectivity index (χ2n) is 6.32. The lowest BCUT2D eigenvalue weighted by Crippen LogP contribution is -2.17. The smallest absolute Gasteiger partial charge is 0.303 e. The Labute approximate surface area is 120 Å². The highest BCUT2D eigenvalue weighted by Crippen LogP contribution is 2.30. The molecule has 0 aliphatic carbocycles. The number of carboxylic acid groups (broad SMARTS) is 1. The third-order valence-electron chi connectivity index (χ3n) is 3.96. The monoisotopic (exact) mass is 270 g/mol. The van der Waals surface area contributed by atoms with Gasteiger partial charge in [-0.25, -0.2) is 0 Å². The second-order valence-corrected chi connectivity index (χ2v) is 6.32. The Kier molecular flexibility index (Phi) is 4.12. The Balaban J connectivity index is 2.25. The van der Waals surface area contributed by atoms with E-state index in [1.807, 2.05) is 13.8 Å². The molecule has 0 atom stereocenters. The molecule has 2 rings (SSSR count). The second kappa shape index (κ2) is 5.66. The summed E-state index contributed by atoms with van der Waals surface area (Å²) in [7, 11) is 0. The van der Waals surface area contributed by atoms with Crippen molar-refractivity contribution < 1.29 is 9.90 Å². The molecule has 0 heterocycles. The van der Waals surface area contributed by atoms with Crippen LogP contribution < -0.4 is 0 Å². The molecule has 0 fully saturated rings. The zero-order valence-electron chi connectivity index (χ0n) is 12.4. The number of rotatable bonds is 5. The largest absolute Gasteiger partial charge is 0.481 e. The van der Waals surface area contributed by atoms with Gasteiger partial charge in [-0.05, 0) is 47.1 Å². The summed E-state index contributed by atoms with van der Waals surface area (Å²) < 4.78 is 0. The van der Waals surface area contributed by atoms with Gasteiger partial charge in [0.2, 0.25) is 0 Å². The van der Waals surface area contributed by atoms with Crippen molar-refractivity contribution in [2.24, 2.45) is 5.41 Å². The first-order chi connectivity index (χ1) is 9.39. The molecule has 0 aromatic heterocycles. The van der Waals surface area contributed by atoms with Gasteiger partial charge in [-0.15, -0.1) is 0 Å². The van der Waals surface area contributed by atoms with Crippen LogP contribution in [0.5, 0.6) is 0 Å². The van der Waals surface area contributed by atoms with Gasteiger partial charge in [-0.1, -0.05) is 50.2 Å². The molecule has 0 saturated carbocycles. The van der Waals surface area contributed by atoms with E-state index in [0.29, 0.717) is 0 Å². The van der Waals surface area contributed by atoms with Crippen LogP contribution in [0.2, 0.25) is 0 Å². The highest BCUT2D eigenvalue weighted by Gasteiger charge is 2.22. The number of aryl methyl sites for hydroxylation is 2. The molecule has 2 nitrogen and oxygen atoms in total. The molecule has 0 spiro atoms. The van der Waals surface area contributed by atoms with Crippen LogP contribution in [0.25, 0.3) is 10.8 Å². The zero-order chi connectivity index (χ0) is 14.8. The van der Waals surface area contributed by atoms with E-state index in [9.17, 15) is 4.79 Å². The lowest BCUT2D eigenvalue weighted by atomic mass is 9.82. The van der Waals surface area contributed by atoms with Crippen molar-refractivity contribution in [2.75, 3.05) is 0 Å². The molecular weight excluding hydrogens is 248 g/mol. The number of carbonyl (C=O) groups is 1. The van der Waals surface area contributed by atoms with Crippen molar-refractivity contribution >= 4 is 16.7 Å². The van der Waals surface area contributed by atoms with E-state index in [0.717, 1.165) is 12.8 Å². The Morgan fingerprint density at radius 1 is 1.15 bits per heavy atom. The van der Waals surface area contributed by atoms with Crippen molar-refractivity contribution in [2.45, 2.75) is 40.0 Å². The lowest BCUT2D eigenvalue weighted by Gasteiger charge is -2.23. The van der Waals surface area contributed by atoms with Gasteiger partial charge < -0.3 is 5.11 Å². The first kappa shape index (κ1) is 14.6. The van der Waals surface area contributed by atoms with E-state index >= 15 is 0 Å². The van der Waals surface area contributed by atoms with Crippen LogP contribution in [0.4, 0.5) is 0 Å². The summed E-state index contributed by atoms with van der Waals surface area (Å²) in [6, 6.07) is 12.7. The van der Waals surface area contributed by atoms with Crippen LogP contribution in [0.1, 0.15) is 37.8 Å². The van der Waals surface area contributed by atoms with E-state index in [2.05, 4.69) is 43.3 Å². The summed E-state index contributed by atoms with van der Waals surface area (Å²) >= 11 is 0. The molecule has 0 aliphatic heterocycles. The molecule has 2 aromatic rings. The first-order valence-electron chi connectivity index (χ1n) is 7.08. The minimum absolute atomic E-state index is 0.171. The van der Waals surface area contributed by atoms with Crippen LogP contribution in [0, 0.1) is 12.3 Å². The van der Waals surface area contributed by atoms with Gasteiger partial charge in [0.25, 0.3) is 0 Å². The Bertz CT molecular complexity index is 626. The van der Waals surface area contributed by atoms with Crippen LogP contribution in [-0.4, -0.2) is 11.1 Å². The number of fused-ring (bicyclic) bond motifs is 1. The van der Waals surface area contributed by atoms with Crippen LogP contribution in [-0.2, 0) is 11.2 Å².